The summed E-state index contributed by atoms with van der Waals surface area (Å²) in [5, 5.41) is 7.96. The molecule has 0 aliphatic rings. The molecule has 2 aromatic carbocycles. The van der Waals surface area contributed by atoms with Gasteiger partial charge in [0.05, 0.1) is 12.8 Å². The van der Waals surface area contributed by atoms with Gasteiger partial charge < -0.3 is 20.4 Å². The molecule has 0 fully saturated rings. The minimum Gasteiger partial charge on any atom is -0.465 e. The number of carbonyl (C=O) groups is 1. The molecule has 2 heterocycles. The Bertz CT molecular complexity index is 1120. The zero-order valence-electron chi connectivity index (χ0n) is 16.1. The lowest BCUT2D eigenvalue weighted by Gasteiger charge is -2.11. The Kier molecular flexibility index (Phi) is 5.42. The molecule has 0 unspecified atom stereocenters. The average Bonchev–Trinajstić information content (AvgIpc) is 3.18. The number of H-pyrrole nitrogens is 1. The summed E-state index contributed by atoms with van der Waals surface area (Å²) in [4.78, 5) is 19.2. The van der Waals surface area contributed by atoms with E-state index in [4.69, 9.17) is 4.74 Å². The lowest BCUT2D eigenvalue weighted by molar-refractivity contribution is 0.0601. The van der Waals surface area contributed by atoms with Gasteiger partial charge in [-0.15, -0.1) is 0 Å². The largest absolute Gasteiger partial charge is 0.465 e. The Hall–Kier alpha value is -3.80. The second-order valence-electron chi connectivity index (χ2n) is 6.65. The number of nitrogens with zero attached hydrogens (tertiary/aromatic N) is 1. The molecule has 2 aromatic heterocycles. The van der Waals surface area contributed by atoms with Crippen LogP contribution in [0.5, 0.6) is 0 Å². The summed E-state index contributed by atoms with van der Waals surface area (Å²) in [6.45, 7) is 0.839. The monoisotopic (exact) mass is 386 g/mol. The summed E-state index contributed by atoms with van der Waals surface area (Å²) in [5.41, 5.74) is 5.45. The predicted molar refractivity (Wildman–Crippen MR) is 116 cm³/mol. The molecule has 0 saturated carbocycles. The summed E-state index contributed by atoms with van der Waals surface area (Å²) in [6, 6.07) is 18.0. The molecule has 0 bridgehead atoms. The van der Waals surface area contributed by atoms with E-state index in [2.05, 4.69) is 45.0 Å². The van der Waals surface area contributed by atoms with Crippen molar-refractivity contribution in [2.45, 2.75) is 6.42 Å². The van der Waals surface area contributed by atoms with E-state index in [1.165, 1.54) is 29.8 Å². The van der Waals surface area contributed by atoms with Crippen LogP contribution in [0.3, 0.4) is 0 Å². The quantitative estimate of drug-likeness (QED) is 0.400. The lowest BCUT2D eigenvalue weighted by Crippen LogP contribution is -2.06. The van der Waals surface area contributed by atoms with Crippen molar-refractivity contribution in [1.29, 1.82) is 0 Å². The van der Waals surface area contributed by atoms with Crippen LogP contribution in [0, 0.1) is 0 Å². The van der Waals surface area contributed by atoms with Gasteiger partial charge in [-0.1, -0.05) is 18.2 Å². The number of methoxy groups -OCH3 is 1. The smallest absolute Gasteiger partial charge is 0.341 e. The number of fused-ring (bicyclic) bond motifs is 1. The number of rotatable bonds is 7. The molecule has 0 saturated heterocycles. The molecule has 0 atom stereocenters. The lowest BCUT2D eigenvalue weighted by atomic mass is 10.1. The van der Waals surface area contributed by atoms with E-state index in [0.717, 1.165) is 24.3 Å². The molecule has 4 rings (SSSR count). The molecule has 3 N–H and O–H groups in total. The Balaban J connectivity index is 1.37. The van der Waals surface area contributed by atoms with Crippen LogP contribution < -0.4 is 10.6 Å². The minimum absolute atomic E-state index is 0.399. The fraction of sp³-hybridized carbons (Fsp3) is 0.130. The number of carbonyl (C=O) groups excluding carboxylic acids is 1. The summed E-state index contributed by atoms with van der Waals surface area (Å²) < 4.78 is 4.80. The minimum atomic E-state index is -0.420. The highest BCUT2D eigenvalue weighted by Crippen LogP contribution is 2.23. The molecule has 0 aliphatic heterocycles. The first-order valence-electron chi connectivity index (χ1n) is 9.43. The van der Waals surface area contributed by atoms with E-state index in [1.54, 1.807) is 12.3 Å². The van der Waals surface area contributed by atoms with Gasteiger partial charge in [-0.25, -0.2) is 4.79 Å². The van der Waals surface area contributed by atoms with E-state index < -0.39 is 5.97 Å². The van der Waals surface area contributed by atoms with Gasteiger partial charge in [-0.05, 0) is 48.4 Å². The topological polar surface area (TPSA) is 79.0 Å². The molecule has 146 valence electrons. The Morgan fingerprint density at radius 3 is 2.69 bits per heavy atom. The van der Waals surface area contributed by atoms with Crippen molar-refractivity contribution in [2.24, 2.45) is 0 Å². The molecule has 6 nitrogen and oxygen atoms in total. The average molecular weight is 386 g/mol. The van der Waals surface area contributed by atoms with Gasteiger partial charge in [0.25, 0.3) is 0 Å². The van der Waals surface area contributed by atoms with Crippen LogP contribution >= 0.6 is 0 Å². The maximum absolute atomic E-state index is 11.9. The van der Waals surface area contributed by atoms with Crippen molar-refractivity contribution in [3.8, 4) is 0 Å². The number of pyridine rings is 1. The van der Waals surface area contributed by atoms with Crippen molar-refractivity contribution >= 4 is 33.9 Å². The van der Waals surface area contributed by atoms with Gasteiger partial charge in [0, 0.05) is 47.4 Å². The summed E-state index contributed by atoms with van der Waals surface area (Å²) in [7, 11) is 1.36. The zero-order valence-corrected chi connectivity index (χ0v) is 16.1. The van der Waals surface area contributed by atoms with Gasteiger partial charge >= 0.3 is 5.97 Å². The first-order valence-corrected chi connectivity index (χ1v) is 9.43. The summed E-state index contributed by atoms with van der Waals surface area (Å²) in [5.74, 6) is -0.420. The Morgan fingerprint density at radius 1 is 1.07 bits per heavy atom. The van der Waals surface area contributed by atoms with Crippen LogP contribution in [-0.2, 0) is 11.2 Å². The number of hydrogen-bond donors (Lipinski definition) is 3. The third-order valence-corrected chi connectivity index (χ3v) is 4.79. The molecule has 4 aromatic rings. The van der Waals surface area contributed by atoms with Gasteiger partial charge in [-0.2, -0.15) is 0 Å². The van der Waals surface area contributed by atoms with Crippen molar-refractivity contribution in [1.82, 2.24) is 9.97 Å². The summed E-state index contributed by atoms with van der Waals surface area (Å²) >= 11 is 0. The molecule has 6 heteroatoms. The molecule has 0 spiro atoms. The van der Waals surface area contributed by atoms with Crippen LogP contribution in [0.25, 0.3) is 10.9 Å². The highest BCUT2D eigenvalue weighted by Gasteiger charge is 2.11. The Labute approximate surface area is 168 Å². The second-order valence-corrected chi connectivity index (χ2v) is 6.65. The number of anilines is 3. The van der Waals surface area contributed by atoms with Gasteiger partial charge in [0.1, 0.15) is 5.56 Å². The Morgan fingerprint density at radius 2 is 1.86 bits per heavy atom. The number of benzene rings is 2. The standard InChI is InChI=1S/C23H22N4O2/c1-29-23(28)20-15-24-12-11-22(20)27-18-8-6-17(7-9-18)25-13-10-16-14-26-21-5-3-2-4-19(16)21/h2-9,11-12,14-15,25-26H,10,13H2,1H3,(H,24,27). The van der Waals surface area contributed by atoms with Crippen LogP contribution in [0.4, 0.5) is 17.1 Å². The number of ether oxygens (including phenoxy) is 1. The molecule has 0 aliphatic carbocycles. The van der Waals surface area contributed by atoms with Crippen molar-refractivity contribution < 1.29 is 9.53 Å². The molecular weight excluding hydrogens is 364 g/mol. The maximum Gasteiger partial charge on any atom is 0.341 e. The first kappa shape index (κ1) is 18.6. The van der Waals surface area contributed by atoms with Gasteiger partial charge in [0.2, 0.25) is 0 Å². The fourth-order valence-corrected chi connectivity index (χ4v) is 3.28. The van der Waals surface area contributed by atoms with Crippen LogP contribution in [0.1, 0.15) is 15.9 Å². The number of esters is 1. The highest BCUT2D eigenvalue weighted by molar-refractivity contribution is 5.96. The van der Waals surface area contributed by atoms with Crippen molar-refractivity contribution in [2.75, 3.05) is 24.3 Å². The normalized spacial score (nSPS) is 10.7. The molecule has 0 amide bonds. The first-order chi connectivity index (χ1) is 14.2. The maximum atomic E-state index is 11.9. The number of aromatic amines is 1. The molecular formula is C23H22N4O2. The highest BCUT2D eigenvalue weighted by atomic mass is 16.5. The van der Waals surface area contributed by atoms with E-state index in [-0.39, 0.29) is 0 Å². The van der Waals surface area contributed by atoms with Crippen LogP contribution in [0.2, 0.25) is 0 Å². The molecule has 29 heavy (non-hydrogen) atoms. The number of aromatic nitrogens is 2. The van der Waals surface area contributed by atoms with Crippen LogP contribution in [0.15, 0.2) is 73.2 Å². The molecule has 0 radical (unpaired) electrons. The fourth-order valence-electron chi connectivity index (χ4n) is 3.28. The van der Waals surface area contributed by atoms with Gasteiger partial charge in [0.15, 0.2) is 0 Å². The predicted octanol–water partition coefficient (Wildman–Crippen LogP) is 4.75. The van der Waals surface area contributed by atoms with Crippen molar-refractivity contribution in [3.05, 3.63) is 84.3 Å². The third kappa shape index (κ3) is 4.21. The summed E-state index contributed by atoms with van der Waals surface area (Å²) in [6.07, 6.45) is 6.14. The van der Waals surface area contributed by atoms with Crippen molar-refractivity contribution in [3.63, 3.8) is 0 Å². The second kappa shape index (κ2) is 8.48. The SMILES string of the molecule is COC(=O)c1cnccc1Nc1ccc(NCCc2c[nH]c3ccccc23)cc1. The van der Waals surface area contributed by atoms with E-state index >= 15 is 0 Å². The van der Waals surface area contributed by atoms with Crippen LogP contribution in [-0.4, -0.2) is 29.6 Å². The zero-order chi connectivity index (χ0) is 20.1. The van der Waals surface area contributed by atoms with E-state index in [0.29, 0.717) is 11.3 Å². The van der Waals surface area contributed by atoms with E-state index in [1.807, 2.05) is 30.3 Å². The number of hydrogen-bond acceptors (Lipinski definition) is 5. The number of para-hydroxylation sites is 1. The third-order valence-electron chi connectivity index (χ3n) is 4.79. The van der Waals surface area contributed by atoms with Gasteiger partial charge in [-0.3, -0.25) is 4.98 Å². The number of nitrogens with one attached hydrogen (secondary N) is 3. The van der Waals surface area contributed by atoms with E-state index in [9.17, 15) is 4.79 Å².